The Kier molecular flexibility index (Phi) is 17.3. The minimum Gasteiger partial charge on any atom is -0.445 e. The van der Waals surface area contributed by atoms with E-state index in [2.05, 4.69) is 21.3 Å². The third-order valence-corrected chi connectivity index (χ3v) is 5.25. The highest BCUT2D eigenvalue weighted by molar-refractivity contribution is 5.99. The van der Waals surface area contributed by atoms with Crippen molar-refractivity contribution in [3.05, 3.63) is 42.0 Å². The van der Waals surface area contributed by atoms with Gasteiger partial charge in [-0.05, 0) is 30.0 Å². The number of aliphatic hydroxyl groups excluding tert-OH is 1. The van der Waals surface area contributed by atoms with E-state index < -0.39 is 36.0 Å². The Labute approximate surface area is 234 Å². The quantitative estimate of drug-likeness (QED) is 0.0881. The van der Waals surface area contributed by atoms with Gasteiger partial charge >= 0.3 is 12.1 Å². The number of amides is 5. The third kappa shape index (κ3) is 15.6. The van der Waals surface area contributed by atoms with Crippen LogP contribution < -0.4 is 32.7 Å². The molecule has 2 atom stereocenters. The monoisotopic (exact) mass is 566 g/mol. The van der Waals surface area contributed by atoms with Gasteiger partial charge in [0.15, 0.2) is 0 Å². The molecule has 14 nitrogen and oxygen atoms in total. The molecule has 224 valence electrons. The molecule has 0 saturated carbocycles. The fraction of sp³-hybridized carbons (Fsp3) is 0.538. The number of anilines is 1. The Morgan fingerprint density at radius 2 is 1.62 bits per heavy atom. The van der Waals surface area contributed by atoms with Crippen molar-refractivity contribution in [2.45, 2.75) is 39.0 Å². The van der Waals surface area contributed by atoms with Crippen molar-refractivity contribution in [3.8, 4) is 0 Å². The van der Waals surface area contributed by atoms with Gasteiger partial charge in [-0.2, -0.15) is 0 Å². The van der Waals surface area contributed by atoms with E-state index in [1.165, 1.54) is 6.08 Å². The van der Waals surface area contributed by atoms with Crippen LogP contribution in [0.5, 0.6) is 0 Å². The van der Waals surface area contributed by atoms with Crippen molar-refractivity contribution in [2.75, 3.05) is 51.4 Å². The topological polar surface area (TPSA) is 216 Å². The molecular formula is C26H42N6O8. The number of carbonyl (C=O) groups excluding carboxylic acids is 4. The molecule has 0 bridgehead atoms. The number of urea groups is 1. The van der Waals surface area contributed by atoms with E-state index in [-0.39, 0.29) is 45.4 Å². The van der Waals surface area contributed by atoms with Crippen molar-refractivity contribution in [2.24, 2.45) is 17.4 Å². The number of nitrogens with two attached hydrogens (primary N) is 2. The van der Waals surface area contributed by atoms with Crippen molar-refractivity contribution in [1.29, 1.82) is 0 Å². The minimum absolute atomic E-state index is 0.0176. The predicted molar refractivity (Wildman–Crippen MR) is 148 cm³/mol. The molecule has 0 aliphatic rings. The average Bonchev–Trinajstić information content (AvgIpc) is 2.92. The van der Waals surface area contributed by atoms with Crippen molar-refractivity contribution in [1.82, 2.24) is 16.0 Å². The van der Waals surface area contributed by atoms with Gasteiger partial charge in [-0.15, -0.1) is 0 Å². The van der Waals surface area contributed by atoms with Gasteiger partial charge in [-0.1, -0.05) is 38.1 Å². The number of nitrogens with one attached hydrogen (secondary N) is 4. The number of primary amides is 1. The number of benzene rings is 1. The Hall–Kier alpha value is -3.72. The molecule has 1 aromatic carbocycles. The van der Waals surface area contributed by atoms with Crippen LogP contribution in [0.4, 0.5) is 15.3 Å². The number of ether oxygens (including phenoxy) is 3. The van der Waals surface area contributed by atoms with Crippen LogP contribution in [0.1, 0.15) is 25.8 Å². The molecule has 0 radical (unpaired) electrons. The number of aliphatic hydroxyl groups is 1. The molecule has 0 heterocycles. The first kappa shape index (κ1) is 34.3. The zero-order valence-electron chi connectivity index (χ0n) is 23.0. The number of hydrogen-bond acceptors (Lipinski definition) is 9. The third-order valence-electron chi connectivity index (χ3n) is 5.25. The summed E-state index contributed by atoms with van der Waals surface area (Å²) in [5.74, 6) is -1.09. The lowest BCUT2D eigenvalue weighted by Gasteiger charge is -2.20. The summed E-state index contributed by atoms with van der Waals surface area (Å²) in [5, 5.41) is 19.0. The van der Waals surface area contributed by atoms with Gasteiger partial charge in [0.2, 0.25) is 5.91 Å². The van der Waals surface area contributed by atoms with Crippen LogP contribution in [0, 0.1) is 5.92 Å². The molecule has 9 N–H and O–H groups in total. The summed E-state index contributed by atoms with van der Waals surface area (Å²) < 4.78 is 15.5. The SMILES string of the molecule is CC(C)[C@H](N)C(=O)NC(/C=C/CCNC(N)=O)C(=O)Nc1ccc(COC(=O)NCCOCCOCCO)cc1. The first-order valence-electron chi connectivity index (χ1n) is 13.0. The Morgan fingerprint density at radius 3 is 2.25 bits per heavy atom. The lowest BCUT2D eigenvalue weighted by Crippen LogP contribution is -2.50. The van der Waals surface area contributed by atoms with Crippen LogP contribution in [-0.2, 0) is 30.4 Å². The first-order chi connectivity index (χ1) is 19.1. The molecule has 40 heavy (non-hydrogen) atoms. The van der Waals surface area contributed by atoms with Crippen LogP contribution in [0.2, 0.25) is 0 Å². The number of rotatable bonds is 19. The van der Waals surface area contributed by atoms with Gasteiger partial charge in [0.05, 0.1) is 39.1 Å². The van der Waals surface area contributed by atoms with Crippen LogP contribution in [0.25, 0.3) is 0 Å². The predicted octanol–water partition coefficient (Wildman–Crippen LogP) is -0.0405. The molecule has 1 unspecified atom stereocenters. The van der Waals surface area contributed by atoms with E-state index in [0.29, 0.717) is 30.9 Å². The zero-order valence-corrected chi connectivity index (χ0v) is 23.0. The average molecular weight is 567 g/mol. The van der Waals surface area contributed by atoms with E-state index >= 15 is 0 Å². The fourth-order valence-corrected chi connectivity index (χ4v) is 2.98. The van der Waals surface area contributed by atoms with Crippen molar-refractivity contribution in [3.63, 3.8) is 0 Å². The highest BCUT2D eigenvalue weighted by Crippen LogP contribution is 2.12. The van der Waals surface area contributed by atoms with Gasteiger partial charge in [0.1, 0.15) is 12.6 Å². The highest BCUT2D eigenvalue weighted by atomic mass is 16.6. The van der Waals surface area contributed by atoms with Crippen molar-refractivity contribution < 1.29 is 38.5 Å². The summed E-state index contributed by atoms with van der Waals surface area (Å²) in [5.41, 5.74) is 12.1. The number of carbonyl (C=O) groups is 4. The Morgan fingerprint density at radius 1 is 0.950 bits per heavy atom. The molecule has 1 rings (SSSR count). The Balaban J connectivity index is 2.55. The van der Waals surface area contributed by atoms with E-state index in [1.54, 1.807) is 44.2 Å². The van der Waals surface area contributed by atoms with Crippen LogP contribution >= 0.6 is 0 Å². The molecule has 0 aliphatic heterocycles. The van der Waals surface area contributed by atoms with E-state index in [9.17, 15) is 19.2 Å². The second-order valence-electron chi connectivity index (χ2n) is 8.90. The molecule has 5 amide bonds. The van der Waals surface area contributed by atoms with Gasteiger partial charge in [-0.25, -0.2) is 9.59 Å². The van der Waals surface area contributed by atoms with Gasteiger partial charge in [-0.3, -0.25) is 9.59 Å². The summed E-state index contributed by atoms with van der Waals surface area (Å²) in [7, 11) is 0. The normalized spacial score (nSPS) is 12.5. The summed E-state index contributed by atoms with van der Waals surface area (Å²) in [6, 6.07) is 4.20. The molecule has 0 fully saturated rings. The number of hydrogen-bond donors (Lipinski definition) is 7. The molecule has 0 saturated heterocycles. The molecule has 0 spiro atoms. The van der Waals surface area contributed by atoms with E-state index in [0.717, 1.165) is 0 Å². The lowest BCUT2D eigenvalue weighted by atomic mass is 10.0. The minimum atomic E-state index is -1.00. The molecular weight excluding hydrogens is 524 g/mol. The Bertz CT molecular complexity index is 942. The second kappa shape index (κ2) is 20.2. The van der Waals surface area contributed by atoms with Crippen LogP contribution in [0.3, 0.4) is 0 Å². The van der Waals surface area contributed by atoms with Crippen LogP contribution in [-0.4, -0.2) is 87.3 Å². The molecule has 0 aromatic heterocycles. The highest BCUT2D eigenvalue weighted by Gasteiger charge is 2.23. The summed E-state index contributed by atoms with van der Waals surface area (Å²) in [6.45, 7) is 5.36. The fourth-order valence-electron chi connectivity index (χ4n) is 2.98. The maximum absolute atomic E-state index is 12.9. The standard InChI is InChI=1S/C26H42N6O8/c1-18(2)22(27)24(35)32-21(5-3-4-10-29-25(28)36)23(34)31-20-8-6-19(7-9-20)17-40-26(37)30-11-13-38-15-16-39-14-12-33/h3,5-9,18,21-22,33H,4,10-17,27H2,1-2H3,(H,30,37)(H,31,34)(H,32,35)(H3,28,29,36)/b5-3+/t21?,22-/m0/s1. The van der Waals surface area contributed by atoms with Crippen molar-refractivity contribution >= 4 is 29.6 Å². The maximum atomic E-state index is 12.9. The van der Waals surface area contributed by atoms with Gasteiger partial charge < -0.3 is 52.1 Å². The summed E-state index contributed by atoms with van der Waals surface area (Å²) in [4.78, 5) is 48.0. The zero-order chi connectivity index (χ0) is 29.8. The summed E-state index contributed by atoms with van der Waals surface area (Å²) in [6.07, 6.45) is 2.95. The lowest BCUT2D eigenvalue weighted by molar-refractivity contribution is -0.127. The largest absolute Gasteiger partial charge is 0.445 e. The number of alkyl carbamates (subject to hydrolysis) is 1. The molecule has 0 aliphatic carbocycles. The molecule has 1 aromatic rings. The van der Waals surface area contributed by atoms with Gasteiger partial charge in [0.25, 0.3) is 5.91 Å². The second-order valence-corrected chi connectivity index (χ2v) is 8.90. The van der Waals surface area contributed by atoms with Gasteiger partial charge in [0, 0.05) is 18.8 Å². The van der Waals surface area contributed by atoms with Crippen LogP contribution in [0.15, 0.2) is 36.4 Å². The first-order valence-corrected chi connectivity index (χ1v) is 13.0. The molecule has 14 heteroatoms. The maximum Gasteiger partial charge on any atom is 0.407 e. The summed E-state index contributed by atoms with van der Waals surface area (Å²) >= 11 is 0. The smallest absolute Gasteiger partial charge is 0.407 e. The van der Waals surface area contributed by atoms with E-state index in [4.69, 9.17) is 30.8 Å². The van der Waals surface area contributed by atoms with E-state index in [1.807, 2.05) is 0 Å².